The first-order chi connectivity index (χ1) is 15.2. The quantitative estimate of drug-likeness (QED) is 0.167. The average molecular weight is 441 g/mol. The van der Waals surface area contributed by atoms with E-state index in [4.69, 9.17) is 22.1 Å². The molecule has 0 aliphatic rings. The highest BCUT2D eigenvalue weighted by molar-refractivity contribution is 5.91. The molecule has 0 saturated heterocycles. The lowest BCUT2D eigenvalue weighted by atomic mass is 9.87. The molecule has 2 aromatic rings. The van der Waals surface area contributed by atoms with Gasteiger partial charge in [-0.3, -0.25) is 9.59 Å². The monoisotopic (exact) mass is 440 g/mol. The highest BCUT2D eigenvalue weighted by atomic mass is 16.7. The van der Waals surface area contributed by atoms with Gasteiger partial charge in [0.05, 0.1) is 17.2 Å². The number of nitrogens with two attached hydrogens (primary N) is 3. The Morgan fingerprint density at radius 2 is 1.62 bits per heavy atom. The summed E-state index contributed by atoms with van der Waals surface area (Å²) in [5.41, 5.74) is 12.3. The maximum Gasteiger partial charge on any atom is 0.343 e. The van der Waals surface area contributed by atoms with Crippen molar-refractivity contribution in [3.8, 4) is 5.75 Å². The van der Waals surface area contributed by atoms with Crippen molar-refractivity contribution in [2.45, 2.75) is 33.1 Å². The minimum atomic E-state index is -0.534. The van der Waals surface area contributed by atoms with Crippen LogP contribution in [0, 0.1) is 11.8 Å². The van der Waals surface area contributed by atoms with E-state index in [2.05, 4.69) is 9.83 Å². The first kappa shape index (κ1) is 24.5. The number of benzene rings is 2. The smallest absolute Gasteiger partial charge is 0.343 e. The van der Waals surface area contributed by atoms with Crippen molar-refractivity contribution in [2.24, 2.45) is 34.2 Å². The average Bonchev–Trinajstić information content (AvgIpc) is 2.77. The lowest BCUT2D eigenvalue weighted by molar-refractivity contribution is -0.149. The largest absolute Gasteiger partial charge is 0.423 e. The van der Waals surface area contributed by atoms with Gasteiger partial charge >= 0.3 is 11.9 Å². The molecule has 1 unspecified atom stereocenters. The lowest BCUT2D eigenvalue weighted by Gasteiger charge is -2.17. The van der Waals surface area contributed by atoms with Gasteiger partial charge < -0.3 is 21.0 Å². The van der Waals surface area contributed by atoms with Crippen LogP contribution in [-0.2, 0) is 20.8 Å². The molecule has 0 bridgehead atoms. The van der Waals surface area contributed by atoms with Gasteiger partial charge in [-0.15, -0.1) is 0 Å². The Kier molecular flexibility index (Phi) is 8.91. The Hall–Kier alpha value is -3.72. The third-order valence-electron chi connectivity index (χ3n) is 4.98. The minimum absolute atomic E-state index is 0.0229. The molecule has 0 heterocycles. The van der Waals surface area contributed by atoms with Gasteiger partial charge in [-0.05, 0) is 54.8 Å². The molecule has 9 heteroatoms. The van der Waals surface area contributed by atoms with Crippen molar-refractivity contribution < 1.29 is 24.0 Å². The van der Waals surface area contributed by atoms with Gasteiger partial charge in [0.25, 0.3) is 0 Å². The molecule has 2 rings (SSSR count). The van der Waals surface area contributed by atoms with Crippen LogP contribution >= 0.6 is 0 Å². The first-order valence-electron chi connectivity index (χ1n) is 10.2. The third-order valence-corrected chi connectivity index (χ3v) is 4.98. The Balaban J connectivity index is 1.96. The summed E-state index contributed by atoms with van der Waals surface area (Å²) in [5, 5.41) is 0. The Morgan fingerprint density at radius 1 is 1.00 bits per heavy atom. The number of aliphatic imine (C=N–C) groups is 1. The predicted molar refractivity (Wildman–Crippen MR) is 120 cm³/mol. The second-order valence-electron chi connectivity index (χ2n) is 7.44. The van der Waals surface area contributed by atoms with Crippen molar-refractivity contribution in [1.82, 2.24) is 0 Å². The third kappa shape index (κ3) is 7.21. The summed E-state index contributed by atoms with van der Waals surface area (Å²) in [6.07, 6.45) is 1.20. The highest BCUT2D eigenvalue weighted by Gasteiger charge is 2.24. The summed E-state index contributed by atoms with van der Waals surface area (Å²) in [6, 6.07) is 13.0. The maximum absolute atomic E-state index is 12.6. The first-order valence-corrected chi connectivity index (χ1v) is 10.2. The van der Waals surface area contributed by atoms with E-state index in [1.165, 1.54) is 0 Å². The molecule has 2 atom stereocenters. The number of hydrogen-bond acceptors (Lipinski definition) is 7. The number of carbonyl (C=O) groups excluding carboxylic acids is 3. The second kappa shape index (κ2) is 11.6. The molecular weight excluding hydrogens is 412 g/mol. The molecule has 0 amide bonds. The minimum Gasteiger partial charge on any atom is -0.423 e. The van der Waals surface area contributed by atoms with Crippen molar-refractivity contribution in [3.63, 3.8) is 0 Å². The van der Waals surface area contributed by atoms with Gasteiger partial charge in [-0.2, -0.15) is 5.90 Å². The zero-order valence-electron chi connectivity index (χ0n) is 18.1. The zero-order valence-corrected chi connectivity index (χ0v) is 18.1. The second-order valence-corrected chi connectivity index (χ2v) is 7.44. The van der Waals surface area contributed by atoms with Crippen LogP contribution in [-0.4, -0.2) is 23.7 Å². The van der Waals surface area contributed by atoms with E-state index in [0.29, 0.717) is 29.8 Å². The van der Waals surface area contributed by atoms with Gasteiger partial charge in [-0.25, -0.2) is 9.79 Å². The Bertz CT molecular complexity index is 967. The van der Waals surface area contributed by atoms with Crippen LogP contribution in [0.15, 0.2) is 53.5 Å². The molecule has 0 saturated carbocycles. The summed E-state index contributed by atoms with van der Waals surface area (Å²) in [5.74, 6) is 3.42. The van der Waals surface area contributed by atoms with Gasteiger partial charge in [0.15, 0.2) is 5.96 Å². The van der Waals surface area contributed by atoms with Gasteiger partial charge in [0.2, 0.25) is 0 Å². The molecular formula is C23H28N4O5. The Labute approximate surface area is 186 Å². The number of esters is 1. The van der Waals surface area contributed by atoms with E-state index < -0.39 is 17.9 Å². The predicted octanol–water partition coefficient (Wildman–Crippen LogP) is 2.39. The molecule has 9 nitrogen and oxygen atoms in total. The lowest BCUT2D eigenvalue weighted by Crippen LogP contribution is -2.25. The normalized spacial score (nSPS) is 12.3. The molecule has 2 aromatic carbocycles. The number of guanidine groups is 1. The van der Waals surface area contributed by atoms with Crippen LogP contribution in [0.3, 0.4) is 0 Å². The van der Waals surface area contributed by atoms with Crippen molar-refractivity contribution in [3.05, 3.63) is 59.7 Å². The fraction of sp³-hybridized carbons (Fsp3) is 0.304. The highest BCUT2D eigenvalue weighted by Crippen LogP contribution is 2.21. The number of Topliss-reactive ketones (excluding diaryl/α,β-unsaturated/α-hetero) is 1. The molecule has 0 aliphatic carbocycles. The van der Waals surface area contributed by atoms with Crippen LogP contribution in [0.5, 0.6) is 5.75 Å². The summed E-state index contributed by atoms with van der Waals surface area (Å²) < 4.78 is 5.37. The van der Waals surface area contributed by atoms with Crippen LogP contribution in [0.1, 0.15) is 42.6 Å². The molecule has 32 heavy (non-hydrogen) atoms. The van der Waals surface area contributed by atoms with E-state index in [0.717, 1.165) is 5.56 Å². The number of ketones is 1. The number of rotatable bonds is 10. The van der Waals surface area contributed by atoms with Crippen LogP contribution in [0.2, 0.25) is 0 Å². The summed E-state index contributed by atoms with van der Waals surface area (Å²) in [7, 11) is 0. The van der Waals surface area contributed by atoms with E-state index >= 15 is 0 Å². The molecule has 0 aliphatic heterocycles. The number of ether oxygens (including phenoxy) is 1. The van der Waals surface area contributed by atoms with E-state index in [1.807, 2.05) is 6.92 Å². The maximum atomic E-state index is 12.6. The Morgan fingerprint density at radius 3 is 2.16 bits per heavy atom. The SMILES string of the molecule is CCC(C[C@@H](C)C(=O)ON)C(=O)Cc1ccc(OC(=O)c2ccc(N=C(N)N)cc2)cc1. The van der Waals surface area contributed by atoms with Crippen LogP contribution in [0.25, 0.3) is 0 Å². The molecule has 0 fully saturated rings. The van der Waals surface area contributed by atoms with Gasteiger partial charge in [-0.1, -0.05) is 26.0 Å². The van der Waals surface area contributed by atoms with E-state index in [1.54, 1.807) is 55.5 Å². The molecule has 170 valence electrons. The fourth-order valence-corrected chi connectivity index (χ4v) is 3.17. The van der Waals surface area contributed by atoms with Gasteiger partial charge in [0, 0.05) is 12.3 Å². The van der Waals surface area contributed by atoms with E-state index in [9.17, 15) is 14.4 Å². The van der Waals surface area contributed by atoms with E-state index in [-0.39, 0.29) is 24.1 Å². The van der Waals surface area contributed by atoms with Crippen LogP contribution < -0.4 is 22.1 Å². The molecule has 6 N–H and O–H groups in total. The number of carbonyl (C=O) groups is 3. The standard InChI is InChI=1S/C23H28N4O5/c1-3-16(12-14(2)21(29)32-26)20(28)13-15-4-10-19(11-5-15)31-22(30)17-6-8-18(9-7-17)27-23(24)25/h4-11,14,16H,3,12-13,26H2,1-2H3,(H4,24,25,27)/t14-,16?/m1/s1. The topological polar surface area (TPSA) is 160 Å². The van der Waals surface area contributed by atoms with Crippen molar-refractivity contribution >= 4 is 29.4 Å². The molecule has 0 spiro atoms. The summed E-state index contributed by atoms with van der Waals surface area (Å²) in [6.45, 7) is 3.58. The molecule has 0 radical (unpaired) electrons. The van der Waals surface area contributed by atoms with Crippen molar-refractivity contribution in [2.75, 3.05) is 0 Å². The molecule has 0 aromatic heterocycles. The van der Waals surface area contributed by atoms with Gasteiger partial charge in [0.1, 0.15) is 11.5 Å². The summed E-state index contributed by atoms with van der Waals surface area (Å²) >= 11 is 0. The summed E-state index contributed by atoms with van der Waals surface area (Å²) in [4.78, 5) is 44.6. The zero-order chi connectivity index (χ0) is 23.7. The number of nitrogens with zero attached hydrogens (tertiary/aromatic N) is 1. The van der Waals surface area contributed by atoms with Crippen LogP contribution in [0.4, 0.5) is 5.69 Å². The fourth-order valence-electron chi connectivity index (χ4n) is 3.17. The van der Waals surface area contributed by atoms with Crippen molar-refractivity contribution in [1.29, 1.82) is 0 Å². The number of hydrogen-bond donors (Lipinski definition) is 3.